The lowest BCUT2D eigenvalue weighted by Gasteiger charge is -2.25. The highest BCUT2D eigenvalue weighted by Crippen LogP contribution is 2.37. The lowest BCUT2D eigenvalue weighted by Crippen LogP contribution is -2.40. The molecule has 0 spiro atoms. The second kappa shape index (κ2) is 5.06. The Morgan fingerprint density at radius 1 is 1.18 bits per heavy atom. The summed E-state index contributed by atoms with van der Waals surface area (Å²) in [6, 6.07) is 10.6. The number of fused-ring (bicyclic) bond motifs is 1. The Labute approximate surface area is 139 Å². The summed E-state index contributed by atoms with van der Waals surface area (Å²) in [6.07, 6.45) is 0. The number of hydrogen-bond donors (Lipinski definition) is 2. The Morgan fingerprint density at radius 2 is 1.86 bits per heavy atom. The van der Waals surface area contributed by atoms with Crippen molar-refractivity contribution < 1.29 is 18.3 Å². The number of rotatable bonds is 2. The van der Waals surface area contributed by atoms with E-state index in [4.69, 9.17) is 11.6 Å². The van der Waals surface area contributed by atoms with Crippen LogP contribution in [0.2, 0.25) is 5.02 Å². The topological polar surface area (TPSA) is 83.5 Å². The van der Waals surface area contributed by atoms with Gasteiger partial charge in [-0.15, -0.1) is 0 Å². The molecular weight excluding hydrogens is 394 g/mol. The zero-order chi connectivity index (χ0) is 16.1. The summed E-state index contributed by atoms with van der Waals surface area (Å²) in [6.45, 7) is 0. The molecule has 0 aromatic heterocycles. The van der Waals surface area contributed by atoms with Crippen molar-refractivity contribution in [1.29, 1.82) is 0 Å². The molecule has 1 aliphatic heterocycles. The number of hydrogen-bond acceptors (Lipinski definition) is 4. The molecule has 0 saturated carbocycles. The first kappa shape index (κ1) is 15.5. The average molecular weight is 403 g/mol. The van der Waals surface area contributed by atoms with Gasteiger partial charge in [0.05, 0.1) is 24.7 Å². The van der Waals surface area contributed by atoms with Gasteiger partial charge in [-0.2, -0.15) is 0 Å². The van der Waals surface area contributed by atoms with Crippen molar-refractivity contribution >= 4 is 40.6 Å². The van der Waals surface area contributed by atoms with Crippen LogP contribution in [0.5, 0.6) is 0 Å². The first-order valence-corrected chi connectivity index (χ1v) is 9.83. The average Bonchev–Trinajstić information content (AvgIpc) is 2.71. The van der Waals surface area contributed by atoms with E-state index >= 15 is 0 Å². The van der Waals surface area contributed by atoms with Gasteiger partial charge in [-0.1, -0.05) is 35.9 Å². The van der Waals surface area contributed by atoms with Crippen molar-refractivity contribution in [2.45, 2.75) is 10.6 Å². The van der Waals surface area contributed by atoms with Crippen LogP contribution in [0, 0.1) is 0 Å². The van der Waals surface area contributed by atoms with E-state index in [1.54, 1.807) is 24.3 Å². The second-order valence-corrected chi connectivity index (χ2v) is 9.07. The molecule has 1 aliphatic rings. The van der Waals surface area contributed by atoms with Crippen LogP contribution in [0.15, 0.2) is 47.4 Å². The van der Waals surface area contributed by atoms with Crippen molar-refractivity contribution in [3.05, 3.63) is 64.2 Å². The molecule has 22 heavy (non-hydrogen) atoms. The predicted octanol–water partition coefficient (Wildman–Crippen LogP) is 2.36. The standard InChI is InChI=1S/C14H9BrClNO4S/c15-22(20,21)12-7-8(5-6-11(12)16)14(19)10-4-2-1-3-9(10)13(18)17-14/h1-7,19H,(H,17,18). The minimum atomic E-state index is -3.75. The normalized spacial score (nSPS) is 20.6. The Balaban J connectivity index is 2.23. The first-order chi connectivity index (χ1) is 10.2. The van der Waals surface area contributed by atoms with Gasteiger partial charge < -0.3 is 10.4 Å². The number of amides is 1. The fourth-order valence-electron chi connectivity index (χ4n) is 2.44. The highest BCUT2D eigenvalue weighted by Gasteiger charge is 2.43. The summed E-state index contributed by atoms with van der Waals surface area (Å²) < 4.78 is 23.4. The molecular formula is C14H9BrClNO4S. The zero-order valence-electron chi connectivity index (χ0n) is 10.9. The molecule has 114 valence electrons. The van der Waals surface area contributed by atoms with Gasteiger partial charge in [0.15, 0.2) is 5.72 Å². The maximum Gasteiger partial charge on any atom is 0.254 e. The van der Waals surface area contributed by atoms with Crippen molar-refractivity contribution in [1.82, 2.24) is 5.32 Å². The number of carbonyl (C=O) groups excluding carboxylic acids is 1. The first-order valence-electron chi connectivity index (χ1n) is 6.12. The van der Waals surface area contributed by atoms with Crippen molar-refractivity contribution in [3.63, 3.8) is 0 Å². The number of carbonyl (C=O) groups is 1. The van der Waals surface area contributed by atoms with Crippen LogP contribution in [0.1, 0.15) is 21.5 Å². The largest absolute Gasteiger partial charge is 0.363 e. The van der Waals surface area contributed by atoms with Crippen molar-refractivity contribution in [2.24, 2.45) is 0 Å². The van der Waals surface area contributed by atoms with Gasteiger partial charge in [0.1, 0.15) is 0 Å². The minimum absolute atomic E-state index is 0.0156. The van der Waals surface area contributed by atoms with Crippen LogP contribution < -0.4 is 5.32 Å². The third kappa shape index (κ3) is 2.34. The Morgan fingerprint density at radius 3 is 2.55 bits per heavy atom. The van der Waals surface area contributed by atoms with Crippen LogP contribution in [-0.2, 0) is 14.0 Å². The predicted molar refractivity (Wildman–Crippen MR) is 84.5 cm³/mol. The molecule has 0 saturated heterocycles. The van der Waals surface area contributed by atoms with Gasteiger partial charge in [-0.25, -0.2) is 8.42 Å². The molecule has 0 bridgehead atoms. The van der Waals surface area contributed by atoms with Gasteiger partial charge in [0.25, 0.3) is 5.91 Å². The van der Waals surface area contributed by atoms with E-state index in [0.717, 1.165) is 0 Å². The highest BCUT2D eigenvalue weighted by molar-refractivity contribution is 9.47. The second-order valence-electron chi connectivity index (χ2n) is 4.79. The summed E-state index contributed by atoms with van der Waals surface area (Å²) in [4.78, 5) is 11.8. The van der Waals surface area contributed by atoms with E-state index in [9.17, 15) is 18.3 Å². The number of halogens is 2. The molecule has 2 aromatic carbocycles. The summed E-state index contributed by atoms with van der Waals surface area (Å²) in [5.41, 5.74) is -0.901. The van der Waals surface area contributed by atoms with Crippen LogP contribution in [0.3, 0.4) is 0 Å². The zero-order valence-corrected chi connectivity index (χ0v) is 14.0. The maximum atomic E-state index is 12.0. The molecule has 0 radical (unpaired) electrons. The quantitative estimate of drug-likeness (QED) is 0.756. The molecule has 8 heteroatoms. The number of aliphatic hydroxyl groups is 1. The highest BCUT2D eigenvalue weighted by atomic mass is 79.9. The third-order valence-corrected chi connectivity index (χ3v) is 5.82. The molecule has 1 amide bonds. The third-order valence-electron chi connectivity index (χ3n) is 3.47. The van der Waals surface area contributed by atoms with Crippen LogP contribution in [0.25, 0.3) is 0 Å². The molecule has 5 nitrogen and oxygen atoms in total. The van der Waals surface area contributed by atoms with Crippen molar-refractivity contribution in [2.75, 3.05) is 0 Å². The summed E-state index contributed by atoms with van der Waals surface area (Å²) in [7, 11) is -3.75. The number of benzene rings is 2. The molecule has 3 rings (SSSR count). The van der Waals surface area contributed by atoms with E-state index < -0.39 is 19.9 Å². The van der Waals surface area contributed by atoms with Gasteiger partial charge in [-0.05, 0) is 18.2 Å². The lowest BCUT2D eigenvalue weighted by atomic mass is 9.94. The van der Waals surface area contributed by atoms with E-state index in [1.807, 2.05) is 0 Å². The van der Waals surface area contributed by atoms with Gasteiger partial charge in [0, 0.05) is 16.7 Å². The molecule has 0 aliphatic carbocycles. The van der Waals surface area contributed by atoms with Crippen molar-refractivity contribution in [3.8, 4) is 0 Å². The summed E-state index contributed by atoms with van der Waals surface area (Å²) in [5, 5.41) is 13.4. The molecule has 2 aromatic rings. The van der Waals surface area contributed by atoms with Gasteiger partial charge in [-0.3, -0.25) is 4.79 Å². The Kier molecular flexibility index (Phi) is 3.56. The number of nitrogens with one attached hydrogen (secondary N) is 1. The van der Waals surface area contributed by atoms with Crippen LogP contribution in [-0.4, -0.2) is 19.4 Å². The summed E-state index contributed by atoms with van der Waals surface area (Å²) in [5.74, 6) is -0.434. The van der Waals surface area contributed by atoms with E-state index in [0.29, 0.717) is 11.1 Å². The Bertz CT molecular complexity index is 899. The van der Waals surface area contributed by atoms with Crippen LogP contribution in [0.4, 0.5) is 0 Å². The SMILES string of the molecule is O=C1NC(O)(c2ccc(Cl)c(S(=O)(=O)Br)c2)c2ccccc21. The van der Waals surface area contributed by atoms with E-state index in [1.165, 1.54) is 18.2 Å². The maximum absolute atomic E-state index is 12.0. The minimum Gasteiger partial charge on any atom is -0.363 e. The van der Waals surface area contributed by atoms with Gasteiger partial charge in [0.2, 0.25) is 8.27 Å². The lowest BCUT2D eigenvalue weighted by molar-refractivity contribution is 0.0474. The molecule has 1 heterocycles. The molecule has 1 unspecified atom stereocenters. The fourth-order valence-corrected chi connectivity index (χ4v) is 4.51. The smallest absolute Gasteiger partial charge is 0.254 e. The van der Waals surface area contributed by atoms with Crippen LogP contribution >= 0.6 is 26.4 Å². The van der Waals surface area contributed by atoms with E-state index in [-0.39, 0.29) is 15.5 Å². The fraction of sp³-hybridized carbons (Fsp3) is 0.0714. The Hall–Kier alpha value is -1.41. The van der Waals surface area contributed by atoms with E-state index in [2.05, 4.69) is 20.1 Å². The van der Waals surface area contributed by atoms with Gasteiger partial charge >= 0.3 is 0 Å². The molecule has 2 N–H and O–H groups in total. The molecule has 0 fully saturated rings. The monoisotopic (exact) mass is 401 g/mol. The summed E-state index contributed by atoms with van der Waals surface area (Å²) >= 11 is 8.44. The molecule has 1 atom stereocenters.